The van der Waals surface area contributed by atoms with Crippen molar-refractivity contribution in [2.75, 3.05) is 6.54 Å². The van der Waals surface area contributed by atoms with Crippen LogP contribution in [0, 0.1) is 5.92 Å². The quantitative estimate of drug-likeness (QED) is 0.622. The van der Waals surface area contributed by atoms with Crippen LogP contribution in [0.1, 0.15) is 17.7 Å². The monoisotopic (exact) mass is 227 g/mol. The van der Waals surface area contributed by atoms with E-state index in [1.54, 1.807) is 6.07 Å². The van der Waals surface area contributed by atoms with Crippen LogP contribution in [-0.4, -0.2) is 23.9 Å². The zero-order valence-corrected chi connectivity index (χ0v) is 9.17. The van der Waals surface area contributed by atoms with E-state index in [0.29, 0.717) is 5.06 Å². The largest absolute Gasteiger partial charge is 0.708 e. The highest BCUT2D eigenvalue weighted by Gasteiger charge is 2.20. The molecule has 1 aromatic rings. The van der Waals surface area contributed by atoms with Gasteiger partial charge in [-0.15, -0.1) is 11.3 Å². The minimum atomic E-state index is -1.73. The van der Waals surface area contributed by atoms with Crippen LogP contribution in [0.3, 0.4) is 0 Å². The Bertz CT molecular complexity index is 314. The average molecular weight is 227 g/mol. The van der Waals surface area contributed by atoms with E-state index in [0.717, 1.165) is 23.9 Å². The average Bonchev–Trinajstić information content (AvgIpc) is 2.88. The summed E-state index contributed by atoms with van der Waals surface area (Å²) >= 11 is 1.43. The second kappa shape index (κ2) is 4.98. The number of hydrogen-bond acceptors (Lipinski definition) is 5. The van der Waals surface area contributed by atoms with Crippen LogP contribution in [0.2, 0.25) is 0 Å². The van der Waals surface area contributed by atoms with Gasteiger partial charge in [-0.1, -0.05) is 0 Å². The van der Waals surface area contributed by atoms with Gasteiger partial charge in [-0.05, 0) is 37.4 Å². The summed E-state index contributed by atoms with van der Waals surface area (Å²) in [7, 11) is -1.73. The first-order chi connectivity index (χ1) is 7.24. The molecule has 4 nitrogen and oxygen atoms in total. The molecule has 3 N–H and O–H groups in total. The zero-order chi connectivity index (χ0) is 10.7. The van der Waals surface area contributed by atoms with Gasteiger partial charge >= 0.3 is 7.32 Å². The van der Waals surface area contributed by atoms with Crippen LogP contribution in [0.5, 0.6) is 5.06 Å². The van der Waals surface area contributed by atoms with Gasteiger partial charge in [0, 0.05) is 11.4 Å². The Morgan fingerprint density at radius 2 is 2.27 bits per heavy atom. The Morgan fingerprint density at radius 3 is 2.93 bits per heavy atom. The van der Waals surface area contributed by atoms with Crippen molar-refractivity contribution < 1.29 is 14.7 Å². The molecule has 15 heavy (non-hydrogen) atoms. The molecule has 1 aromatic heterocycles. The second-order valence-corrected chi connectivity index (χ2v) is 4.87. The van der Waals surface area contributed by atoms with Crippen molar-refractivity contribution in [2.45, 2.75) is 19.4 Å². The van der Waals surface area contributed by atoms with E-state index in [4.69, 9.17) is 14.7 Å². The van der Waals surface area contributed by atoms with E-state index >= 15 is 0 Å². The van der Waals surface area contributed by atoms with E-state index in [9.17, 15) is 0 Å². The lowest BCUT2D eigenvalue weighted by Crippen LogP contribution is -2.19. The topological polar surface area (TPSA) is 61.7 Å². The van der Waals surface area contributed by atoms with Gasteiger partial charge in [0.2, 0.25) is 0 Å². The molecule has 0 bridgehead atoms. The van der Waals surface area contributed by atoms with Crippen molar-refractivity contribution in [1.82, 2.24) is 5.32 Å². The summed E-state index contributed by atoms with van der Waals surface area (Å²) in [4.78, 5) is 1.14. The fourth-order valence-corrected chi connectivity index (χ4v) is 2.18. The molecule has 6 heteroatoms. The first-order valence-electron chi connectivity index (χ1n) is 5.06. The summed E-state index contributed by atoms with van der Waals surface area (Å²) in [6, 6.07) is 3.68. The Labute approximate surface area is 93.1 Å². The van der Waals surface area contributed by atoms with E-state index < -0.39 is 7.32 Å². The molecule has 1 aliphatic rings. The first-order valence-corrected chi connectivity index (χ1v) is 5.88. The summed E-state index contributed by atoms with van der Waals surface area (Å²) in [5, 5.41) is 21.1. The third-order valence-electron chi connectivity index (χ3n) is 2.29. The predicted molar refractivity (Wildman–Crippen MR) is 59.6 cm³/mol. The van der Waals surface area contributed by atoms with Crippen molar-refractivity contribution in [3.05, 3.63) is 17.0 Å². The summed E-state index contributed by atoms with van der Waals surface area (Å²) < 4.78 is 4.74. The van der Waals surface area contributed by atoms with Gasteiger partial charge < -0.3 is 20.0 Å². The van der Waals surface area contributed by atoms with E-state index in [2.05, 4.69) is 5.32 Å². The molecular formula is C9H14BNO3S. The standard InChI is InChI=1S/C9H14BNO3S/c12-10(13)14-9-4-3-8(15-9)6-11-5-7-1-2-7/h3-4,7,11-13H,1-2,5-6H2. The van der Waals surface area contributed by atoms with E-state index in [1.165, 1.54) is 24.2 Å². The van der Waals surface area contributed by atoms with Gasteiger partial charge in [0.15, 0.2) is 5.06 Å². The van der Waals surface area contributed by atoms with Gasteiger partial charge in [-0.3, -0.25) is 0 Å². The van der Waals surface area contributed by atoms with Gasteiger partial charge in [-0.25, -0.2) is 0 Å². The fraction of sp³-hybridized carbons (Fsp3) is 0.556. The lowest BCUT2D eigenvalue weighted by Gasteiger charge is -2.01. The van der Waals surface area contributed by atoms with Crippen LogP contribution < -0.4 is 9.97 Å². The molecule has 2 rings (SSSR count). The van der Waals surface area contributed by atoms with Gasteiger partial charge in [-0.2, -0.15) is 0 Å². The van der Waals surface area contributed by atoms with Crippen LogP contribution in [-0.2, 0) is 6.54 Å². The molecular weight excluding hydrogens is 213 g/mol. The molecule has 1 heterocycles. The minimum Gasteiger partial charge on any atom is -0.504 e. The maximum absolute atomic E-state index is 8.60. The van der Waals surface area contributed by atoms with Gasteiger partial charge in [0.05, 0.1) is 0 Å². The van der Waals surface area contributed by atoms with Crippen LogP contribution >= 0.6 is 11.3 Å². The van der Waals surface area contributed by atoms with Crippen LogP contribution in [0.15, 0.2) is 12.1 Å². The highest BCUT2D eigenvalue weighted by molar-refractivity contribution is 7.14. The first kappa shape index (κ1) is 10.9. The lowest BCUT2D eigenvalue weighted by molar-refractivity contribution is 0.292. The third kappa shape index (κ3) is 3.83. The zero-order valence-electron chi connectivity index (χ0n) is 8.35. The van der Waals surface area contributed by atoms with Crippen molar-refractivity contribution >= 4 is 18.7 Å². The van der Waals surface area contributed by atoms with Crippen LogP contribution in [0.4, 0.5) is 0 Å². The maximum Gasteiger partial charge on any atom is 0.708 e. The molecule has 0 saturated heterocycles. The Kier molecular flexibility index (Phi) is 3.64. The molecule has 0 aromatic carbocycles. The lowest BCUT2D eigenvalue weighted by atomic mass is 10.3. The molecule has 0 spiro atoms. The Balaban J connectivity index is 1.73. The maximum atomic E-state index is 8.60. The molecule has 0 atom stereocenters. The summed E-state index contributed by atoms with van der Waals surface area (Å²) in [5.74, 6) is 0.875. The smallest absolute Gasteiger partial charge is 0.504 e. The molecule has 1 saturated carbocycles. The molecule has 82 valence electrons. The number of thiophene rings is 1. The molecule has 0 radical (unpaired) electrons. The van der Waals surface area contributed by atoms with E-state index in [1.807, 2.05) is 6.07 Å². The number of hydrogen-bond donors (Lipinski definition) is 3. The van der Waals surface area contributed by atoms with Gasteiger partial charge in [0.25, 0.3) is 0 Å². The third-order valence-corrected chi connectivity index (χ3v) is 3.26. The number of nitrogens with one attached hydrogen (secondary N) is 1. The summed E-state index contributed by atoms with van der Waals surface area (Å²) in [6.45, 7) is 1.91. The second-order valence-electron chi connectivity index (χ2n) is 3.74. The predicted octanol–water partition coefficient (Wildman–Crippen LogP) is 0.596. The molecule has 0 unspecified atom stereocenters. The minimum absolute atomic E-state index is 0.535. The summed E-state index contributed by atoms with van der Waals surface area (Å²) in [6.07, 6.45) is 2.70. The molecule has 0 amide bonds. The summed E-state index contributed by atoms with van der Waals surface area (Å²) in [5.41, 5.74) is 0. The highest BCUT2D eigenvalue weighted by atomic mass is 32.1. The SMILES string of the molecule is OB(O)Oc1ccc(CNCC2CC2)s1. The van der Waals surface area contributed by atoms with Crippen molar-refractivity contribution in [2.24, 2.45) is 5.92 Å². The number of rotatable bonds is 6. The highest BCUT2D eigenvalue weighted by Crippen LogP contribution is 2.28. The van der Waals surface area contributed by atoms with Crippen LogP contribution in [0.25, 0.3) is 0 Å². The van der Waals surface area contributed by atoms with Gasteiger partial charge in [0.1, 0.15) is 0 Å². The molecule has 1 aliphatic carbocycles. The van der Waals surface area contributed by atoms with Crippen molar-refractivity contribution in [1.29, 1.82) is 0 Å². The van der Waals surface area contributed by atoms with Crippen molar-refractivity contribution in [3.63, 3.8) is 0 Å². The normalized spacial score (nSPS) is 15.3. The van der Waals surface area contributed by atoms with Crippen molar-refractivity contribution in [3.8, 4) is 5.06 Å². The Hall–Kier alpha value is -0.555. The fourth-order valence-electron chi connectivity index (χ4n) is 1.34. The van der Waals surface area contributed by atoms with E-state index in [-0.39, 0.29) is 0 Å². The molecule has 0 aliphatic heterocycles. The Morgan fingerprint density at radius 1 is 1.47 bits per heavy atom. The molecule has 1 fully saturated rings.